The van der Waals surface area contributed by atoms with Crippen LogP contribution in [0.15, 0.2) is 0 Å². The Labute approximate surface area is 126 Å². The molecule has 0 aromatic heterocycles. The summed E-state index contributed by atoms with van der Waals surface area (Å²) in [6.45, 7) is 0. The molecule has 0 aromatic carbocycles. The standard InChI is InChI=1S/ClH.16H2O.Zr/h1H;16*1H2;. The van der Waals surface area contributed by atoms with E-state index in [9.17, 15) is 0 Å². The Kier molecular flexibility index (Phi) is 18800000. The van der Waals surface area contributed by atoms with E-state index in [0.717, 1.165) is 0 Å². The average molecular weight is 416 g/mol. The van der Waals surface area contributed by atoms with Gasteiger partial charge in [-0.2, -0.15) is 0 Å². The predicted molar refractivity (Wildman–Crippen MR) is 65.1 cm³/mol. The maximum absolute atomic E-state index is 0. The van der Waals surface area contributed by atoms with Crippen LogP contribution in [0.4, 0.5) is 0 Å². The van der Waals surface area contributed by atoms with Crippen molar-refractivity contribution < 1.29 is 114 Å². The molecule has 0 aliphatic carbocycles. The van der Waals surface area contributed by atoms with E-state index >= 15 is 0 Å². The van der Waals surface area contributed by atoms with Gasteiger partial charge in [0.25, 0.3) is 0 Å². The second-order valence-electron chi connectivity index (χ2n) is 0. The van der Waals surface area contributed by atoms with Gasteiger partial charge in [0.15, 0.2) is 0 Å². The first-order valence-electron chi connectivity index (χ1n) is 0. The largest absolute Gasteiger partial charge is 0.412 e. The van der Waals surface area contributed by atoms with Crippen molar-refractivity contribution in [3.05, 3.63) is 0 Å². The molecule has 0 rings (SSSR count). The first kappa shape index (κ1) is 20000. The Bertz CT molecular complexity index is 11.1. The van der Waals surface area contributed by atoms with E-state index in [2.05, 4.69) is 0 Å². The average Bonchev–Trinajstić information content (AvgIpc) is 0. The molecule has 0 aliphatic rings. The summed E-state index contributed by atoms with van der Waals surface area (Å²) in [6.07, 6.45) is 0. The van der Waals surface area contributed by atoms with Crippen molar-refractivity contribution >= 4 is 12.4 Å². The Balaban J connectivity index is 0. The van der Waals surface area contributed by atoms with Gasteiger partial charge in [0.05, 0.1) is 0 Å². The summed E-state index contributed by atoms with van der Waals surface area (Å²) in [5.74, 6) is 0. The van der Waals surface area contributed by atoms with E-state index in [0.29, 0.717) is 0 Å². The van der Waals surface area contributed by atoms with Gasteiger partial charge < -0.3 is 87.6 Å². The van der Waals surface area contributed by atoms with Crippen molar-refractivity contribution in [2.75, 3.05) is 0 Å². The Morgan fingerprint density at radius 2 is 0.167 bits per heavy atom. The molecule has 0 bridgehead atoms. The minimum absolute atomic E-state index is 0. The van der Waals surface area contributed by atoms with Crippen LogP contribution in [0.2, 0.25) is 0 Å². The van der Waals surface area contributed by atoms with Gasteiger partial charge in [-0.05, 0) is 0 Å². The molecule has 0 amide bonds. The van der Waals surface area contributed by atoms with Crippen LogP contribution in [0.3, 0.4) is 0 Å². The first-order valence-corrected chi connectivity index (χ1v) is 0. The van der Waals surface area contributed by atoms with E-state index in [1.807, 2.05) is 0 Å². The van der Waals surface area contributed by atoms with Gasteiger partial charge in [-0.1, -0.05) is 0 Å². The van der Waals surface area contributed by atoms with Gasteiger partial charge in [-0.25, -0.2) is 0 Å². The molecule has 0 atom stereocenters. The molecule has 0 heterocycles. The van der Waals surface area contributed by atoms with E-state index in [1.54, 1.807) is 0 Å². The van der Waals surface area contributed by atoms with Crippen LogP contribution in [0, 0.1) is 0 Å². The van der Waals surface area contributed by atoms with E-state index in [4.69, 9.17) is 0 Å². The number of hydrogen-bond donors (Lipinski definition) is 0. The van der Waals surface area contributed by atoms with Crippen LogP contribution < -0.4 is 0 Å². The predicted octanol–water partition coefficient (Wildman–Crippen LogP) is -12.8. The monoisotopic (exact) mass is 414 g/mol. The zero-order chi connectivity index (χ0) is 0. The topological polar surface area (TPSA) is 504 Å². The SMILES string of the molecule is Cl.O.O.O.O.O.O.O.O.O.O.O.O.O.O.O.O.[Zr]. The van der Waals surface area contributed by atoms with Crippen LogP contribution in [-0.4, -0.2) is 87.6 Å². The minimum atomic E-state index is 0. The van der Waals surface area contributed by atoms with Crippen LogP contribution >= 0.6 is 12.4 Å². The molecule has 0 fully saturated rings. The van der Waals surface area contributed by atoms with Crippen LogP contribution in [0.5, 0.6) is 0 Å². The molecular weight excluding hydrogens is 383 g/mol. The summed E-state index contributed by atoms with van der Waals surface area (Å²) in [5, 5.41) is 0. The molecule has 16 nitrogen and oxygen atoms in total. The molecule has 18 heteroatoms. The Morgan fingerprint density at radius 1 is 0.167 bits per heavy atom. The normalized spacial score (nSPS) is 0. The van der Waals surface area contributed by atoms with Crippen molar-refractivity contribution in [3.63, 3.8) is 0 Å². The number of rotatable bonds is 0. The molecule has 32 N–H and O–H groups in total. The fourth-order valence-electron chi connectivity index (χ4n) is 0. The third-order valence-electron chi connectivity index (χ3n) is 0. The summed E-state index contributed by atoms with van der Waals surface area (Å²) >= 11 is 0. The molecule has 0 aliphatic heterocycles. The Morgan fingerprint density at radius 3 is 0.167 bits per heavy atom. The summed E-state index contributed by atoms with van der Waals surface area (Å²) in [7, 11) is 0. The summed E-state index contributed by atoms with van der Waals surface area (Å²) < 4.78 is 0. The van der Waals surface area contributed by atoms with Gasteiger partial charge in [-0.15, -0.1) is 12.4 Å². The van der Waals surface area contributed by atoms with Crippen LogP contribution in [0.1, 0.15) is 0 Å². The fourth-order valence-corrected chi connectivity index (χ4v) is 0. The van der Waals surface area contributed by atoms with Gasteiger partial charge in [0.2, 0.25) is 0 Å². The third kappa shape index (κ3) is 14000. The van der Waals surface area contributed by atoms with Crippen molar-refractivity contribution in [2.45, 2.75) is 0 Å². The summed E-state index contributed by atoms with van der Waals surface area (Å²) in [5.41, 5.74) is 0. The smallest absolute Gasteiger partial charge is 0 e. The van der Waals surface area contributed by atoms with Crippen LogP contribution in [0.25, 0.3) is 0 Å². The quantitative estimate of drug-likeness (QED) is 0.355. The van der Waals surface area contributed by atoms with Gasteiger partial charge in [0.1, 0.15) is 0 Å². The molecule has 0 unspecified atom stereocenters. The molecule has 0 saturated carbocycles. The third-order valence-corrected chi connectivity index (χ3v) is 0. The van der Waals surface area contributed by atoms with Gasteiger partial charge in [-0.3, -0.25) is 0 Å². The number of hydrogen-bond acceptors (Lipinski definition) is 0. The minimum Gasteiger partial charge on any atom is -0.412 e. The van der Waals surface area contributed by atoms with E-state index < -0.39 is 0 Å². The molecule has 140 valence electrons. The van der Waals surface area contributed by atoms with Crippen molar-refractivity contribution in [1.29, 1.82) is 0 Å². The molecule has 0 spiro atoms. The van der Waals surface area contributed by atoms with Crippen LogP contribution in [-0.2, 0) is 26.2 Å². The van der Waals surface area contributed by atoms with Gasteiger partial charge in [0, 0.05) is 26.2 Å². The van der Waals surface area contributed by atoms with Crippen molar-refractivity contribution in [3.8, 4) is 0 Å². The fraction of sp³-hybridized carbons (Fsp3) is 0. The second-order valence-corrected chi connectivity index (χ2v) is 0. The first-order chi connectivity index (χ1) is 0. The maximum atomic E-state index is 0. The molecule has 0 aromatic rings. The Hall–Kier alpha value is 0.533. The molecule has 0 radical (unpaired) electrons. The second kappa shape index (κ2) is 16900. The van der Waals surface area contributed by atoms with Crippen molar-refractivity contribution in [2.24, 2.45) is 0 Å². The number of halogens is 1. The molecular formula is H33ClO16Zr. The van der Waals surface area contributed by atoms with Crippen molar-refractivity contribution in [1.82, 2.24) is 0 Å². The zero-order valence-corrected chi connectivity index (χ0v) is 12.2. The van der Waals surface area contributed by atoms with E-state index in [1.165, 1.54) is 0 Å². The summed E-state index contributed by atoms with van der Waals surface area (Å²) in [6, 6.07) is 0. The van der Waals surface area contributed by atoms with E-state index in [-0.39, 0.29) is 126 Å². The summed E-state index contributed by atoms with van der Waals surface area (Å²) in [4.78, 5) is 0. The molecule has 18 heavy (non-hydrogen) atoms. The zero-order valence-electron chi connectivity index (χ0n) is 8.91. The van der Waals surface area contributed by atoms with Gasteiger partial charge >= 0.3 is 0 Å². The molecule has 0 saturated heterocycles. The maximum Gasteiger partial charge on any atom is 0 e.